The second-order valence-electron chi connectivity index (χ2n) is 3.85. The molecule has 0 spiro atoms. The quantitative estimate of drug-likeness (QED) is 0.690. The van der Waals surface area contributed by atoms with E-state index in [0.717, 1.165) is 11.5 Å². The van der Waals surface area contributed by atoms with Crippen LogP contribution in [0.2, 0.25) is 0 Å². The van der Waals surface area contributed by atoms with Crippen LogP contribution in [0.1, 0.15) is 11.5 Å². The van der Waals surface area contributed by atoms with Gasteiger partial charge < -0.3 is 19.5 Å². The summed E-state index contributed by atoms with van der Waals surface area (Å²) in [6, 6.07) is 1.82. The minimum atomic E-state index is 0.0155. The van der Waals surface area contributed by atoms with Crippen LogP contribution in [0.25, 0.3) is 0 Å². The number of nitrogens with one attached hydrogen (secondary N) is 1. The zero-order valence-electron chi connectivity index (χ0n) is 10.5. The lowest BCUT2D eigenvalue weighted by Crippen LogP contribution is -2.36. The highest BCUT2D eigenvalue weighted by Crippen LogP contribution is 2.04. The minimum Gasteiger partial charge on any atom is -0.383 e. The highest BCUT2D eigenvalue weighted by Gasteiger charge is 2.10. The SMILES string of the molecule is COCCNCC(=O)N(C)Cc1cc(C)on1. The number of likely N-dealkylation sites (N-methyl/N-ethyl adjacent to an activating group) is 1. The largest absolute Gasteiger partial charge is 0.383 e. The molecule has 1 aromatic heterocycles. The van der Waals surface area contributed by atoms with Crippen LogP contribution in [-0.4, -0.2) is 49.8 Å². The van der Waals surface area contributed by atoms with E-state index in [1.165, 1.54) is 0 Å². The number of hydrogen-bond acceptors (Lipinski definition) is 5. The van der Waals surface area contributed by atoms with Crippen LogP contribution in [0.5, 0.6) is 0 Å². The molecule has 0 fully saturated rings. The predicted molar refractivity (Wildman–Crippen MR) is 62.5 cm³/mol. The molecule has 1 amide bonds. The number of aryl methyl sites for hydroxylation is 1. The van der Waals surface area contributed by atoms with Gasteiger partial charge in [0.05, 0.1) is 19.7 Å². The minimum absolute atomic E-state index is 0.0155. The zero-order valence-corrected chi connectivity index (χ0v) is 10.5. The summed E-state index contributed by atoms with van der Waals surface area (Å²) in [5.41, 5.74) is 0.759. The van der Waals surface area contributed by atoms with Gasteiger partial charge in [-0.1, -0.05) is 5.16 Å². The van der Waals surface area contributed by atoms with E-state index in [0.29, 0.717) is 26.2 Å². The van der Waals surface area contributed by atoms with Crippen molar-refractivity contribution >= 4 is 5.91 Å². The zero-order chi connectivity index (χ0) is 12.7. The summed E-state index contributed by atoms with van der Waals surface area (Å²) in [5, 5.41) is 6.84. The van der Waals surface area contributed by atoms with Gasteiger partial charge in [-0.3, -0.25) is 4.79 Å². The molecular weight excluding hydrogens is 222 g/mol. The fraction of sp³-hybridized carbons (Fsp3) is 0.636. The first-order valence-electron chi connectivity index (χ1n) is 5.49. The number of rotatable bonds is 7. The Bertz CT molecular complexity index is 351. The molecule has 1 N–H and O–H groups in total. The molecule has 0 radical (unpaired) electrons. The van der Waals surface area contributed by atoms with Gasteiger partial charge in [-0.15, -0.1) is 0 Å². The molecule has 0 atom stereocenters. The van der Waals surface area contributed by atoms with Gasteiger partial charge in [0.15, 0.2) is 0 Å². The Morgan fingerprint density at radius 1 is 1.65 bits per heavy atom. The van der Waals surface area contributed by atoms with E-state index in [2.05, 4.69) is 10.5 Å². The molecule has 0 saturated carbocycles. The normalized spacial score (nSPS) is 10.5. The molecule has 0 aliphatic rings. The van der Waals surface area contributed by atoms with Gasteiger partial charge in [-0.25, -0.2) is 0 Å². The predicted octanol–water partition coefficient (Wildman–Crippen LogP) is 0.177. The van der Waals surface area contributed by atoms with Crippen molar-refractivity contribution in [3.8, 4) is 0 Å². The summed E-state index contributed by atoms with van der Waals surface area (Å²) in [7, 11) is 3.37. The molecular formula is C11H19N3O3. The van der Waals surface area contributed by atoms with Gasteiger partial charge in [0, 0.05) is 26.8 Å². The first kappa shape index (κ1) is 13.7. The second kappa shape index (κ2) is 7.03. The Morgan fingerprint density at radius 2 is 2.41 bits per heavy atom. The van der Waals surface area contributed by atoms with Crippen LogP contribution >= 0.6 is 0 Å². The number of amides is 1. The topological polar surface area (TPSA) is 67.6 Å². The number of aromatic nitrogens is 1. The lowest BCUT2D eigenvalue weighted by molar-refractivity contribution is -0.129. The molecule has 6 heteroatoms. The highest BCUT2D eigenvalue weighted by atomic mass is 16.5. The number of carbonyl (C=O) groups is 1. The summed E-state index contributed by atoms with van der Waals surface area (Å²) in [6.45, 7) is 3.85. The van der Waals surface area contributed by atoms with E-state index in [4.69, 9.17) is 9.26 Å². The lowest BCUT2D eigenvalue weighted by Gasteiger charge is -2.15. The van der Waals surface area contributed by atoms with E-state index in [1.54, 1.807) is 19.1 Å². The van der Waals surface area contributed by atoms with Crippen molar-refractivity contribution in [3.63, 3.8) is 0 Å². The molecule has 6 nitrogen and oxygen atoms in total. The fourth-order valence-corrected chi connectivity index (χ4v) is 1.33. The van der Waals surface area contributed by atoms with E-state index < -0.39 is 0 Å². The summed E-state index contributed by atoms with van der Waals surface area (Å²) in [5.74, 6) is 0.765. The number of hydrogen-bond donors (Lipinski definition) is 1. The molecule has 0 aliphatic heterocycles. The van der Waals surface area contributed by atoms with Crippen LogP contribution in [-0.2, 0) is 16.1 Å². The van der Waals surface area contributed by atoms with E-state index in [-0.39, 0.29) is 5.91 Å². The third-order valence-electron chi connectivity index (χ3n) is 2.26. The first-order valence-corrected chi connectivity index (χ1v) is 5.49. The third kappa shape index (κ3) is 4.97. The van der Waals surface area contributed by atoms with Crippen LogP contribution in [0.15, 0.2) is 10.6 Å². The van der Waals surface area contributed by atoms with Crippen LogP contribution in [0.3, 0.4) is 0 Å². The molecule has 1 aromatic rings. The van der Waals surface area contributed by atoms with Crippen LogP contribution < -0.4 is 5.32 Å². The third-order valence-corrected chi connectivity index (χ3v) is 2.26. The van der Waals surface area contributed by atoms with Crippen molar-refractivity contribution in [2.45, 2.75) is 13.5 Å². The molecule has 17 heavy (non-hydrogen) atoms. The van der Waals surface area contributed by atoms with Crippen LogP contribution in [0, 0.1) is 6.92 Å². The number of methoxy groups -OCH3 is 1. The molecule has 0 unspecified atom stereocenters. The maximum absolute atomic E-state index is 11.7. The van der Waals surface area contributed by atoms with Gasteiger partial charge in [0.1, 0.15) is 11.5 Å². The van der Waals surface area contributed by atoms with Gasteiger partial charge in [-0.05, 0) is 6.92 Å². The first-order chi connectivity index (χ1) is 8.13. The fourth-order valence-electron chi connectivity index (χ4n) is 1.33. The average Bonchev–Trinajstić information content (AvgIpc) is 2.70. The molecule has 0 aromatic carbocycles. The standard InChI is InChI=1S/C11H19N3O3/c1-9-6-10(13-17-9)8-14(2)11(15)7-12-4-5-16-3/h6,12H,4-5,7-8H2,1-3H3. The van der Waals surface area contributed by atoms with Crippen molar-refractivity contribution in [3.05, 3.63) is 17.5 Å². The van der Waals surface area contributed by atoms with Gasteiger partial charge in [0.2, 0.25) is 5.91 Å². The number of nitrogens with zero attached hydrogens (tertiary/aromatic N) is 2. The summed E-state index contributed by atoms with van der Waals surface area (Å²) in [4.78, 5) is 13.3. The molecule has 0 aliphatic carbocycles. The number of carbonyl (C=O) groups excluding carboxylic acids is 1. The molecule has 0 bridgehead atoms. The molecule has 1 heterocycles. The van der Waals surface area contributed by atoms with Crippen molar-refractivity contribution in [2.75, 3.05) is 33.9 Å². The van der Waals surface area contributed by atoms with E-state index in [1.807, 2.05) is 13.0 Å². The van der Waals surface area contributed by atoms with Crippen molar-refractivity contribution in [2.24, 2.45) is 0 Å². The Balaban J connectivity index is 2.27. The monoisotopic (exact) mass is 241 g/mol. The smallest absolute Gasteiger partial charge is 0.236 e. The van der Waals surface area contributed by atoms with Gasteiger partial charge >= 0.3 is 0 Å². The van der Waals surface area contributed by atoms with Crippen LogP contribution in [0.4, 0.5) is 0 Å². The Hall–Kier alpha value is -1.40. The maximum Gasteiger partial charge on any atom is 0.236 e. The second-order valence-corrected chi connectivity index (χ2v) is 3.85. The summed E-state index contributed by atoms with van der Waals surface area (Å²) >= 11 is 0. The summed E-state index contributed by atoms with van der Waals surface area (Å²) < 4.78 is 9.81. The van der Waals surface area contributed by atoms with E-state index in [9.17, 15) is 4.79 Å². The van der Waals surface area contributed by atoms with Crippen molar-refractivity contribution in [1.29, 1.82) is 0 Å². The Morgan fingerprint density at radius 3 is 3.00 bits per heavy atom. The lowest BCUT2D eigenvalue weighted by atomic mass is 10.3. The highest BCUT2D eigenvalue weighted by molar-refractivity contribution is 5.77. The number of ether oxygens (including phenoxy) is 1. The molecule has 1 rings (SSSR count). The van der Waals surface area contributed by atoms with E-state index >= 15 is 0 Å². The van der Waals surface area contributed by atoms with Crippen molar-refractivity contribution in [1.82, 2.24) is 15.4 Å². The molecule has 0 saturated heterocycles. The summed E-state index contributed by atoms with van der Waals surface area (Å²) in [6.07, 6.45) is 0. The van der Waals surface area contributed by atoms with Gasteiger partial charge in [-0.2, -0.15) is 0 Å². The Kier molecular flexibility index (Phi) is 5.65. The maximum atomic E-state index is 11.7. The average molecular weight is 241 g/mol. The van der Waals surface area contributed by atoms with Crippen molar-refractivity contribution < 1.29 is 14.1 Å². The molecule has 96 valence electrons. The van der Waals surface area contributed by atoms with Gasteiger partial charge in [0.25, 0.3) is 0 Å². The Labute approximate surface area is 101 Å².